The molecule has 2 rings (SSSR count). The van der Waals surface area contributed by atoms with Crippen LogP contribution in [-0.2, 0) is 12.3 Å². The summed E-state index contributed by atoms with van der Waals surface area (Å²) in [6.45, 7) is 4.96. The van der Waals surface area contributed by atoms with Gasteiger partial charge in [0.25, 0.3) is 0 Å². The van der Waals surface area contributed by atoms with E-state index in [0.29, 0.717) is 5.69 Å². The second-order valence-electron chi connectivity index (χ2n) is 4.36. The molecule has 0 fully saturated rings. The Labute approximate surface area is 131 Å². The summed E-state index contributed by atoms with van der Waals surface area (Å²) in [5.41, 5.74) is 8.69. The fourth-order valence-corrected chi connectivity index (χ4v) is 3.60. The summed E-state index contributed by atoms with van der Waals surface area (Å²) in [4.78, 5) is 1.08. The zero-order valence-corrected chi connectivity index (χ0v) is 14.2. The number of methoxy groups -OCH3 is 1. The highest BCUT2D eigenvalue weighted by Crippen LogP contribution is 2.35. The van der Waals surface area contributed by atoms with Gasteiger partial charge in [0, 0.05) is 28.9 Å². The molecular weight excluding hydrogens is 338 g/mol. The lowest BCUT2D eigenvalue weighted by atomic mass is 10.3. The molecule has 4 nitrogen and oxygen atoms in total. The van der Waals surface area contributed by atoms with Crippen molar-refractivity contribution < 1.29 is 4.74 Å². The number of rotatable bonds is 5. The first-order valence-electron chi connectivity index (χ1n) is 6.34. The molecule has 20 heavy (non-hydrogen) atoms. The number of benzene rings is 1. The molecular formula is C14H18BrN3OS. The molecule has 2 N–H and O–H groups in total. The van der Waals surface area contributed by atoms with Crippen LogP contribution >= 0.6 is 27.7 Å². The smallest absolute Gasteiger partial charge is 0.134 e. The van der Waals surface area contributed by atoms with Crippen LogP contribution in [0.4, 0.5) is 5.69 Å². The third-order valence-corrected chi connectivity index (χ3v) is 5.10. The van der Waals surface area contributed by atoms with Gasteiger partial charge < -0.3 is 10.5 Å². The van der Waals surface area contributed by atoms with Crippen molar-refractivity contribution in [2.24, 2.45) is 0 Å². The van der Waals surface area contributed by atoms with Gasteiger partial charge in [0.2, 0.25) is 0 Å². The summed E-state index contributed by atoms with van der Waals surface area (Å²) < 4.78 is 8.48. The summed E-state index contributed by atoms with van der Waals surface area (Å²) in [6.07, 6.45) is 0. The van der Waals surface area contributed by atoms with Gasteiger partial charge in [0.05, 0.1) is 23.0 Å². The number of nitrogens with zero attached hydrogens (tertiary/aromatic N) is 2. The van der Waals surface area contributed by atoms with E-state index < -0.39 is 0 Å². The van der Waals surface area contributed by atoms with Gasteiger partial charge in [-0.15, -0.1) is 11.8 Å². The quantitative estimate of drug-likeness (QED) is 0.653. The molecule has 0 atom stereocenters. The molecule has 0 aliphatic carbocycles. The highest BCUT2D eigenvalue weighted by atomic mass is 79.9. The summed E-state index contributed by atoms with van der Waals surface area (Å²) in [7, 11) is 1.66. The van der Waals surface area contributed by atoms with Crippen molar-refractivity contribution in [2.45, 2.75) is 31.0 Å². The second kappa shape index (κ2) is 6.54. The molecule has 1 aromatic heterocycles. The number of halogens is 1. The number of anilines is 1. The van der Waals surface area contributed by atoms with Crippen LogP contribution in [0.5, 0.6) is 5.75 Å². The highest BCUT2D eigenvalue weighted by molar-refractivity contribution is 9.10. The lowest BCUT2D eigenvalue weighted by molar-refractivity contribution is 0.405. The van der Waals surface area contributed by atoms with Crippen molar-refractivity contribution in [3.63, 3.8) is 0 Å². The number of nitrogen functional groups attached to an aromatic ring is 1. The van der Waals surface area contributed by atoms with Crippen molar-refractivity contribution in [2.75, 3.05) is 12.8 Å². The average molecular weight is 356 g/mol. The van der Waals surface area contributed by atoms with Crippen LogP contribution in [-0.4, -0.2) is 16.9 Å². The zero-order chi connectivity index (χ0) is 14.7. The molecule has 0 aliphatic heterocycles. The van der Waals surface area contributed by atoms with E-state index in [4.69, 9.17) is 10.5 Å². The van der Waals surface area contributed by atoms with Crippen molar-refractivity contribution in [3.05, 3.63) is 34.1 Å². The lowest BCUT2D eigenvalue weighted by Gasteiger charge is -2.10. The number of hydrogen-bond acceptors (Lipinski definition) is 4. The molecule has 6 heteroatoms. The van der Waals surface area contributed by atoms with Gasteiger partial charge in [-0.25, -0.2) is 0 Å². The fourth-order valence-electron chi connectivity index (χ4n) is 1.96. The van der Waals surface area contributed by atoms with Crippen LogP contribution in [0.2, 0.25) is 0 Å². The van der Waals surface area contributed by atoms with Crippen LogP contribution < -0.4 is 10.5 Å². The molecule has 0 spiro atoms. The maximum Gasteiger partial charge on any atom is 0.134 e. The lowest BCUT2D eigenvalue weighted by Crippen LogP contribution is -2.01. The molecule has 2 aromatic rings. The molecule has 0 amide bonds. The topological polar surface area (TPSA) is 53.1 Å². The number of nitrogens with two attached hydrogens (primary N) is 1. The minimum atomic E-state index is 0.710. The molecule has 0 unspecified atom stereocenters. The summed E-state index contributed by atoms with van der Waals surface area (Å²) in [5.74, 6) is 1.64. The molecule has 0 aliphatic rings. The molecule has 0 saturated carbocycles. The van der Waals surface area contributed by atoms with Crippen LogP contribution in [0.3, 0.4) is 0 Å². The Balaban J connectivity index is 2.21. The van der Waals surface area contributed by atoms with Gasteiger partial charge >= 0.3 is 0 Å². The normalized spacial score (nSPS) is 10.8. The molecule has 108 valence electrons. The van der Waals surface area contributed by atoms with E-state index >= 15 is 0 Å². The van der Waals surface area contributed by atoms with Crippen LogP contribution in [0, 0.1) is 6.92 Å². The van der Waals surface area contributed by atoms with Gasteiger partial charge in [-0.1, -0.05) is 0 Å². The Hall–Kier alpha value is -1.14. The van der Waals surface area contributed by atoms with Crippen LogP contribution in [0.15, 0.2) is 27.6 Å². The Morgan fingerprint density at radius 3 is 2.85 bits per heavy atom. The second-order valence-corrected chi connectivity index (χ2v) is 6.17. The standard InChI is InChI=1S/C14H18BrN3OS/c1-4-18-11(14(15)9(2)17-18)8-20-13-6-5-10(16)7-12(13)19-3/h5-7H,4,8,16H2,1-3H3. The highest BCUT2D eigenvalue weighted by Gasteiger charge is 2.13. The van der Waals surface area contributed by atoms with Gasteiger partial charge in [-0.3, -0.25) is 4.68 Å². The third-order valence-electron chi connectivity index (χ3n) is 3.00. The zero-order valence-electron chi connectivity index (χ0n) is 11.8. The maximum absolute atomic E-state index is 5.77. The summed E-state index contributed by atoms with van der Waals surface area (Å²) in [6, 6.07) is 5.73. The van der Waals surface area contributed by atoms with E-state index in [0.717, 1.165) is 33.1 Å². The van der Waals surface area contributed by atoms with Gasteiger partial charge in [-0.2, -0.15) is 5.10 Å². The minimum absolute atomic E-state index is 0.710. The van der Waals surface area contributed by atoms with E-state index in [1.165, 1.54) is 5.69 Å². The molecule has 0 bridgehead atoms. The monoisotopic (exact) mass is 355 g/mol. The van der Waals surface area contributed by atoms with Crippen LogP contribution in [0.25, 0.3) is 0 Å². The first kappa shape index (κ1) is 15.3. The Kier molecular flexibility index (Phi) is 4.99. The third kappa shape index (κ3) is 3.12. The van der Waals surface area contributed by atoms with E-state index in [1.807, 2.05) is 29.8 Å². The summed E-state index contributed by atoms with van der Waals surface area (Å²) in [5, 5.41) is 4.50. The maximum atomic E-state index is 5.77. The van der Waals surface area contributed by atoms with Crippen LogP contribution in [0.1, 0.15) is 18.3 Å². The van der Waals surface area contributed by atoms with Gasteiger partial charge in [0.1, 0.15) is 5.75 Å². The average Bonchev–Trinajstić information content (AvgIpc) is 2.72. The van der Waals surface area contributed by atoms with E-state index in [-0.39, 0.29) is 0 Å². The minimum Gasteiger partial charge on any atom is -0.496 e. The first-order chi connectivity index (χ1) is 9.56. The predicted octanol–water partition coefficient (Wildman–Crippen LogP) is 3.86. The molecule has 0 radical (unpaired) electrons. The largest absolute Gasteiger partial charge is 0.496 e. The van der Waals surface area contributed by atoms with Gasteiger partial charge in [0.15, 0.2) is 0 Å². The van der Waals surface area contributed by atoms with E-state index in [1.54, 1.807) is 18.9 Å². The Bertz CT molecular complexity index is 613. The number of hydrogen-bond donors (Lipinski definition) is 1. The predicted molar refractivity (Wildman–Crippen MR) is 87.3 cm³/mol. The fraction of sp³-hybridized carbons (Fsp3) is 0.357. The van der Waals surface area contributed by atoms with Gasteiger partial charge in [-0.05, 0) is 41.9 Å². The number of ether oxygens (including phenoxy) is 1. The molecule has 1 aromatic carbocycles. The van der Waals surface area contributed by atoms with E-state index in [2.05, 4.69) is 28.0 Å². The van der Waals surface area contributed by atoms with E-state index in [9.17, 15) is 0 Å². The molecule has 1 heterocycles. The number of aryl methyl sites for hydroxylation is 2. The SMILES string of the molecule is CCn1nc(C)c(Br)c1CSc1ccc(N)cc1OC. The van der Waals surface area contributed by atoms with Crippen molar-refractivity contribution in [1.29, 1.82) is 0 Å². The van der Waals surface area contributed by atoms with Crippen molar-refractivity contribution in [1.82, 2.24) is 9.78 Å². The summed E-state index contributed by atoms with van der Waals surface area (Å²) >= 11 is 5.33. The Morgan fingerprint density at radius 2 is 2.20 bits per heavy atom. The van der Waals surface area contributed by atoms with Crippen molar-refractivity contribution >= 4 is 33.4 Å². The molecule has 0 saturated heterocycles. The first-order valence-corrected chi connectivity index (χ1v) is 8.12. The Morgan fingerprint density at radius 1 is 1.45 bits per heavy atom. The van der Waals surface area contributed by atoms with Crippen molar-refractivity contribution in [3.8, 4) is 5.75 Å². The number of thioether (sulfide) groups is 1. The number of aromatic nitrogens is 2.